The fraction of sp³-hybridized carbons (Fsp3) is 0.400. The second-order valence-corrected chi connectivity index (χ2v) is 5.25. The van der Waals surface area contributed by atoms with Crippen LogP contribution in [-0.4, -0.2) is 58.8 Å². The molecule has 2 unspecified atom stereocenters. The van der Waals surface area contributed by atoms with E-state index >= 15 is 0 Å². The summed E-state index contributed by atoms with van der Waals surface area (Å²) < 4.78 is 4.85. The summed E-state index contributed by atoms with van der Waals surface area (Å²) in [6.07, 6.45) is -2.80. The molecule has 0 aromatic heterocycles. The molecule has 1 aromatic rings. The molecule has 0 spiro atoms. The minimum absolute atomic E-state index is 0.115. The molecule has 0 saturated heterocycles. The van der Waals surface area contributed by atoms with Crippen molar-refractivity contribution in [1.82, 2.24) is 10.6 Å². The first-order valence-corrected chi connectivity index (χ1v) is 7.26. The zero-order chi connectivity index (χ0) is 19.1. The predicted molar refractivity (Wildman–Crippen MR) is 85.8 cm³/mol. The number of hydrogen-bond acceptors (Lipinski definition) is 7. The van der Waals surface area contributed by atoms with Gasteiger partial charge in [-0.3, -0.25) is 9.59 Å². The van der Waals surface area contributed by atoms with Crippen molar-refractivity contribution in [3.63, 3.8) is 0 Å². The van der Waals surface area contributed by atoms with Gasteiger partial charge in [0.15, 0.2) is 17.3 Å². The SMILES string of the molecule is COc1ccc(C(O)C(=O)CNC(=O)N[C@H](C(N)=O)C(C)O)cc1O. The number of phenols is 1. The molecule has 0 aliphatic carbocycles. The summed E-state index contributed by atoms with van der Waals surface area (Å²) in [6.45, 7) is 0.714. The quantitative estimate of drug-likeness (QED) is 0.330. The second kappa shape index (κ2) is 8.85. The van der Waals surface area contributed by atoms with E-state index < -0.39 is 42.5 Å². The van der Waals surface area contributed by atoms with Crippen LogP contribution in [0.4, 0.5) is 4.79 Å². The molecule has 25 heavy (non-hydrogen) atoms. The third-order valence-electron chi connectivity index (χ3n) is 3.32. The number of urea groups is 1. The molecule has 7 N–H and O–H groups in total. The number of rotatable bonds is 8. The van der Waals surface area contributed by atoms with Gasteiger partial charge in [0.2, 0.25) is 5.91 Å². The number of ether oxygens (including phenoxy) is 1. The minimum Gasteiger partial charge on any atom is -0.504 e. The Morgan fingerprint density at radius 2 is 1.92 bits per heavy atom. The molecule has 0 saturated carbocycles. The van der Waals surface area contributed by atoms with Crippen LogP contribution in [0.15, 0.2) is 18.2 Å². The highest BCUT2D eigenvalue weighted by Gasteiger charge is 2.24. The van der Waals surface area contributed by atoms with Gasteiger partial charge in [0, 0.05) is 0 Å². The lowest BCUT2D eigenvalue weighted by Gasteiger charge is -2.18. The van der Waals surface area contributed by atoms with Crippen LogP contribution < -0.4 is 21.1 Å². The van der Waals surface area contributed by atoms with Gasteiger partial charge >= 0.3 is 6.03 Å². The van der Waals surface area contributed by atoms with E-state index in [1.165, 1.54) is 26.2 Å². The first kappa shape index (κ1) is 20.2. The van der Waals surface area contributed by atoms with Crippen LogP contribution in [0.1, 0.15) is 18.6 Å². The molecule has 138 valence electrons. The van der Waals surface area contributed by atoms with Crippen LogP contribution in [0.5, 0.6) is 11.5 Å². The third kappa shape index (κ3) is 5.62. The molecule has 3 atom stereocenters. The van der Waals surface area contributed by atoms with Crippen molar-refractivity contribution in [1.29, 1.82) is 0 Å². The van der Waals surface area contributed by atoms with E-state index in [-0.39, 0.29) is 17.1 Å². The lowest BCUT2D eigenvalue weighted by Crippen LogP contribution is -2.54. The second-order valence-electron chi connectivity index (χ2n) is 5.25. The van der Waals surface area contributed by atoms with Gasteiger partial charge in [-0.15, -0.1) is 0 Å². The highest BCUT2D eigenvalue weighted by Crippen LogP contribution is 2.28. The Kier molecular flexibility index (Phi) is 7.15. The van der Waals surface area contributed by atoms with Gasteiger partial charge < -0.3 is 36.4 Å². The summed E-state index contributed by atoms with van der Waals surface area (Å²) in [5.74, 6) is -1.77. The predicted octanol–water partition coefficient (Wildman–Crippen LogP) is -1.46. The Morgan fingerprint density at radius 1 is 1.28 bits per heavy atom. The van der Waals surface area contributed by atoms with Crippen molar-refractivity contribution >= 4 is 17.7 Å². The highest BCUT2D eigenvalue weighted by molar-refractivity contribution is 5.91. The zero-order valence-corrected chi connectivity index (χ0v) is 13.7. The first-order valence-electron chi connectivity index (χ1n) is 7.26. The van der Waals surface area contributed by atoms with E-state index in [2.05, 4.69) is 10.6 Å². The molecule has 0 heterocycles. The summed E-state index contributed by atoms with van der Waals surface area (Å²) in [6, 6.07) is 1.69. The van der Waals surface area contributed by atoms with Crippen LogP contribution in [0.2, 0.25) is 0 Å². The summed E-state index contributed by atoms with van der Waals surface area (Å²) in [5, 5.41) is 33.2. The molecular weight excluding hydrogens is 334 g/mol. The molecule has 10 heteroatoms. The number of Topliss-reactive ketones (excluding diaryl/α,β-unsaturated/α-hetero) is 1. The molecule has 0 fully saturated rings. The molecule has 0 bridgehead atoms. The van der Waals surface area contributed by atoms with Crippen LogP contribution >= 0.6 is 0 Å². The van der Waals surface area contributed by atoms with Crippen molar-refractivity contribution in [2.75, 3.05) is 13.7 Å². The lowest BCUT2D eigenvalue weighted by molar-refractivity contribution is -0.126. The smallest absolute Gasteiger partial charge is 0.315 e. The van der Waals surface area contributed by atoms with E-state index in [1.807, 2.05) is 0 Å². The number of nitrogens with two attached hydrogens (primary N) is 1. The molecule has 1 aromatic carbocycles. The van der Waals surface area contributed by atoms with Gasteiger partial charge in [0.25, 0.3) is 0 Å². The summed E-state index contributed by atoms with van der Waals surface area (Å²) in [4.78, 5) is 34.6. The maximum Gasteiger partial charge on any atom is 0.315 e. The number of primary amides is 1. The Balaban J connectivity index is 2.62. The lowest BCUT2D eigenvalue weighted by atomic mass is 10.0. The summed E-state index contributed by atoms with van der Waals surface area (Å²) in [5.41, 5.74) is 5.14. The molecule has 0 aliphatic rings. The van der Waals surface area contributed by atoms with E-state index in [0.29, 0.717) is 0 Å². The Morgan fingerprint density at radius 3 is 2.40 bits per heavy atom. The number of carbonyl (C=O) groups excluding carboxylic acids is 3. The number of amides is 3. The van der Waals surface area contributed by atoms with Crippen LogP contribution in [0.25, 0.3) is 0 Å². The van der Waals surface area contributed by atoms with Gasteiger partial charge in [-0.05, 0) is 24.6 Å². The van der Waals surface area contributed by atoms with E-state index in [1.54, 1.807) is 0 Å². The standard InChI is InChI=1S/C15H21N3O7/c1-7(19)12(14(16)23)18-15(24)17-6-10(21)13(22)8-3-4-11(25-2)9(20)5-8/h3-5,7,12-13,19-20,22H,6H2,1-2H3,(H2,16,23)(H2,17,18,24)/t7?,12-,13?/m0/s1. The summed E-state index contributed by atoms with van der Waals surface area (Å²) in [7, 11) is 1.35. The van der Waals surface area contributed by atoms with Crippen molar-refractivity contribution in [3.05, 3.63) is 23.8 Å². The molecule has 10 nitrogen and oxygen atoms in total. The maximum atomic E-state index is 11.9. The Labute approximate surface area is 143 Å². The number of hydrogen-bond donors (Lipinski definition) is 6. The zero-order valence-electron chi connectivity index (χ0n) is 13.7. The maximum absolute atomic E-state index is 11.9. The van der Waals surface area contributed by atoms with Gasteiger partial charge in [0.05, 0.1) is 19.8 Å². The van der Waals surface area contributed by atoms with Crippen molar-refractivity contribution in [3.8, 4) is 11.5 Å². The van der Waals surface area contributed by atoms with Gasteiger partial charge in [0.1, 0.15) is 12.1 Å². The minimum atomic E-state index is -1.58. The number of benzene rings is 1. The number of aliphatic hydroxyl groups is 2. The largest absolute Gasteiger partial charge is 0.504 e. The number of aliphatic hydroxyl groups excluding tert-OH is 2. The van der Waals surface area contributed by atoms with Crippen LogP contribution in [0, 0.1) is 0 Å². The van der Waals surface area contributed by atoms with E-state index in [4.69, 9.17) is 10.5 Å². The number of aromatic hydroxyl groups is 1. The van der Waals surface area contributed by atoms with Gasteiger partial charge in [-0.25, -0.2) is 4.79 Å². The fourth-order valence-electron chi connectivity index (χ4n) is 1.95. The Hall–Kier alpha value is -2.85. The molecule has 0 aliphatic heterocycles. The van der Waals surface area contributed by atoms with Gasteiger partial charge in [-0.1, -0.05) is 6.07 Å². The first-order chi connectivity index (χ1) is 11.7. The molecule has 0 radical (unpaired) electrons. The topological polar surface area (TPSA) is 171 Å². The fourth-order valence-corrected chi connectivity index (χ4v) is 1.95. The molecule has 1 rings (SSSR count). The van der Waals surface area contributed by atoms with Gasteiger partial charge in [-0.2, -0.15) is 0 Å². The van der Waals surface area contributed by atoms with Crippen LogP contribution in [0.3, 0.4) is 0 Å². The number of phenolic OH excluding ortho intramolecular Hbond substituents is 1. The third-order valence-corrected chi connectivity index (χ3v) is 3.32. The number of carbonyl (C=O) groups is 3. The van der Waals surface area contributed by atoms with E-state index in [9.17, 15) is 29.7 Å². The monoisotopic (exact) mass is 355 g/mol. The number of ketones is 1. The summed E-state index contributed by atoms with van der Waals surface area (Å²) >= 11 is 0. The highest BCUT2D eigenvalue weighted by atomic mass is 16.5. The van der Waals surface area contributed by atoms with E-state index in [0.717, 1.165) is 6.07 Å². The average molecular weight is 355 g/mol. The number of methoxy groups -OCH3 is 1. The Bertz CT molecular complexity index is 648. The molecule has 3 amide bonds. The van der Waals surface area contributed by atoms with Crippen LogP contribution in [-0.2, 0) is 9.59 Å². The normalized spacial score (nSPS) is 14.1. The average Bonchev–Trinajstić information content (AvgIpc) is 2.56. The van der Waals surface area contributed by atoms with Crippen molar-refractivity contribution in [2.24, 2.45) is 5.73 Å². The number of nitrogens with one attached hydrogen (secondary N) is 2. The van der Waals surface area contributed by atoms with Crippen molar-refractivity contribution in [2.45, 2.75) is 25.2 Å². The van der Waals surface area contributed by atoms with Crippen molar-refractivity contribution < 1.29 is 34.4 Å². The molecular formula is C15H21N3O7.